The largest absolute Gasteiger partial charge is 0.494 e. The van der Waals surface area contributed by atoms with Gasteiger partial charge in [0.2, 0.25) is 0 Å². The number of benzene rings is 3. The lowest BCUT2D eigenvalue weighted by atomic mass is 10.00. The fraction of sp³-hybridized carbons (Fsp3) is 0.107. The van der Waals surface area contributed by atoms with E-state index in [9.17, 15) is 9.90 Å². The molecule has 0 fully saturated rings. The third-order valence-electron chi connectivity index (χ3n) is 5.87. The number of carbonyl (C=O) groups is 1. The van der Waals surface area contributed by atoms with Gasteiger partial charge in [0.15, 0.2) is 5.88 Å². The molecule has 0 unspecified atom stereocenters. The molecule has 5 rings (SSSR count). The summed E-state index contributed by atoms with van der Waals surface area (Å²) < 4.78 is 4.82. The van der Waals surface area contributed by atoms with Crippen LogP contribution in [0.25, 0.3) is 22.3 Å². The molecule has 3 N–H and O–H groups in total. The average molecular weight is 465 g/mol. The van der Waals surface area contributed by atoms with E-state index >= 15 is 0 Å². The lowest BCUT2D eigenvalue weighted by Gasteiger charge is -2.08. The van der Waals surface area contributed by atoms with E-state index in [0.29, 0.717) is 22.4 Å². The van der Waals surface area contributed by atoms with Gasteiger partial charge in [-0.15, -0.1) is 0 Å². The second-order valence-electron chi connectivity index (χ2n) is 8.08. The number of methoxy groups -OCH3 is 1. The van der Waals surface area contributed by atoms with Gasteiger partial charge in [-0.1, -0.05) is 43.3 Å². The van der Waals surface area contributed by atoms with Crippen LogP contribution in [-0.4, -0.2) is 38.8 Å². The highest BCUT2D eigenvalue weighted by molar-refractivity contribution is 6.22. The Labute approximate surface area is 202 Å². The van der Waals surface area contributed by atoms with Crippen LogP contribution in [0.4, 0.5) is 5.69 Å². The summed E-state index contributed by atoms with van der Waals surface area (Å²) in [6, 6.07) is 22.6. The minimum Gasteiger partial charge on any atom is -0.494 e. The lowest BCUT2D eigenvalue weighted by Crippen LogP contribution is -2.03. The van der Waals surface area contributed by atoms with E-state index in [0.717, 1.165) is 40.1 Å². The Balaban J connectivity index is 1.61. The zero-order valence-electron chi connectivity index (χ0n) is 19.4. The molecular formula is C28H24N4O3. The second kappa shape index (κ2) is 9.30. The van der Waals surface area contributed by atoms with Crippen LogP contribution in [0.2, 0.25) is 0 Å². The Morgan fingerprint density at radius 2 is 1.77 bits per heavy atom. The van der Waals surface area contributed by atoms with Crippen molar-refractivity contribution >= 4 is 28.3 Å². The fourth-order valence-corrected chi connectivity index (χ4v) is 4.04. The number of imidazole rings is 1. The Morgan fingerprint density at radius 3 is 2.46 bits per heavy atom. The van der Waals surface area contributed by atoms with Gasteiger partial charge in [0, 0.05) is 33.9 Å². The number of rotatable bonds is 6. The third-order valence-corrected chi connectivity index (χ3v) is 5.87. The van der Waals surface area contributed by atoms with Crippen LogP contribution in [0.5, 0.6) is 5.88 Å². The van der Waals surface area contributed by atoms with Crippen LogP contribution in [0, 0.1) is 0 Å². The van der Waals surface area contributed by atoms with Crippen LogP contribution in [0.1, 0.15) is 34.1 Å². The van der Waals surface area contributed by atoms with Crippen molar-refractivity contribution in [2.75, 3.05) is 7.11 Å². The summed E-state index contributed by atoms with van der Waals surface area (Å²) in [6.45, 7) is 2.08. The Hall–Kier alpha value is -4.65. The van der Waals surface area contributed by atoms with Gasteiger partial charge in [0.05, 0.1) is 29.6 Å². The number of nitrogens with zero attached hydrogens (tertiary/aromatic N) is 2. The van der Waals surface area contributed by atoms with Crippen molar-refractivity contribution in [1.29, 1.82) is 0 Å². The fourth-order valence-electron chi connectivity index (χ4n) is 4.04. The number of nitrogens with one attached hydrogen (secondary N) is 2. The Bertz CT molecular complexity index is 1530. The molecule has 0 saturated carbocycles. The van der Waals surface area contributed by atoms with E-state index < -0.39 is 5.97 Å². The second-order valence-corrected chi connectivity index (χ2v) is 8.08. The Kier molecular flexibility index (Phi) is 5.89. The highest BCUT2D eigenvalue weighted by Crippen LogP contribution is 2.32. The maximum Gasteiger partial charge on any atom is 0.337 e. The van der Waals surface area contributed by atoms with Gasteiger partial charge in [0.25, 0.3) is 0 Å². The number of H-pyrrole nitrogens is 2. The maximum atomic E-state index is 12.0. The average Bonchev–Trinajstić information content (AvgIpc) is 3.51. The van der Waals surface area contributed by atoms with Crippen LogP contribution >= 0.6 is 0 Å². The molecule has 0 radical (unpaired) electrons. The summed E-state index contributed by atoms with van der Waals surface area (Å²) in [5, 5.41) is 11.6. The number of aryl methyl sites for hydroxylation is 1. The summed E-state index contributed by atoms with van der Waals surface area (Å²) in [6.07, 6.45) is 2.74. The number of hydrogen-bond donors (Lipinski definition) is 3. The quantitative estimate of drug-likeness (QED) is 0.219. The number of esters is 1. The summed E-state index contributed by atoms with van der Waals surface area (Å²) in [4.78, 5) is 27.6. The molecule has 0 aliphatic heterocycles. The molecule has 3 aromatic carbocycles. The Morgan fingerprint density at radius 1 is 1.00 bits per heavy atom. The maximum absolute atomic E-state index is 12.0. The van der Waals surface area contributed by atoms with E-state index in [1.807, 2.05) is 60.8 Å². The van der Waals surface area contributed by atoms with Crippen LogP contribution in [0.3, 0.4) is 0 Å². The molecule has 7 heteroatoms. The van der Waals surface area contributed by atoms with E-state index in [2.05, 4.69) is 21.9 Å². The number of carbonyl (C=O) groups excluding carboxylic acids is 1. The molecule has 0 aliphatic rings. The third kappa shape index (κ3) is 4.31. The minimum absolute atomic E-state index is 0.0241. The molecule has 0 atom stereocenters. The first-order chi connectivity index (χ1) is 17.1. The molecule has 0 bridgehead atoms. The van der Waals surface area contributed by atoms with Crippen molar-refractivity contribution in [2.45, 2.75) is 13.3 Å². The van der Waals surface area contributed by atoms with Crippen molar-refractivity contribution in [3.8, 4) is 17.3 Å². The van der Waals surface area contributed by atoms with Crippen molar-refractivity contribution < 1.29 is 14.6 Å². The van der Waals surface area contributed by atoms with Gasteiger partial charge < -0.3 is 19.8 Å². The van der Waals surface area contributed by atoms with E-state index in [-0.39, 0.29) is 5.88 Å². The molecule has 0 amide bonds. The number of fused-ring (bicyclic) bond motifs is 1. The first-order valence-corrected chi connectivity index (χ1v) is 11.3. The molecule has 5 aromatic rings. The van der Waals surface area contributed by atoms with Gasteiger partial charge in [-0.2, -0.15) is 0 Å². The van der Waals surface area contributed by atoms with Crippen molar-refractivity contribution in [2.24, 2.45) is 4.99 Å². The molecule has 0 saturated heterocycles. The highest BCUT2D eigenvalue weighted by Gasteiger charge is 2.20. The van der Waals surface area contributed by atoms with Crippen molar-refractivity contribution in [3.63, 3.8) is 0 Å². The molecule has 174 valence electrons. The SMILES string of the molecule is CCc1cnc(-c2ccc(N=C(c3ccccc3)c3c(O)[nH]c4cc(C(=O)OC)ccc34)cc2)[nH]1. The van der Waals surface area contributed by atoms with Gasteiger partial charge in [-0.3, -0.25) is 0 Å². The summed E-state index contributed by atoms with van der Waals surface area (Å²) >= 11 is 0. The smallest absolute Gasteiger partial charge is 0.337 e. The van der Waals surface area contributed by atoms with Crippen LogP contribution < -0.4 is 0 Å². The summed E-state index contributed by atoms with van der Waals surface area (Å²) in [7, 11) is 1.34. The number of aromatic nitrogens is 3. The summed E-state index contributed by atoms with van der Waals surface area (Å²) in [5.74, 6) is 0.349. The number of aromatic amines is 2. The predicted molar refractivity (Wildman–Crippen MR) is 136 cm³/mol. The molecule has 7 nitrogen and oxygen atoms in total. The number of ether oxygens (including phenoxy) is 1. The topological polar surface area (TPSA) is 103 Å². The predicted octanol–water partition coefficient (Wildman–Crippen LogP) is 5.78. The monoisotopic (exact) mass is 464 g/mol. The normalized spacial score (nSPS) is 11.7. The van der Waals surface area contributed by atoms with Crippen LogP contribution in [-0.2, 0) is 11.2 Å². The minimum atomic E-state index is -0.442. The highest BCUT2D eigenvalue weighted by atomic mass is 16.5. The lowest BCUT2D eigenvalue weighted by molar-refractivity contribution is 0.0601. The molecule has 2 aromatic heterocycles. The van der Waals surface area contributed by atoms with Crippen LogP contribution in [0.15, 0.2) is 84.0 Å². The first kappa shape index (κ1) is 22.2. The number of aromatic hydroxyl groups is 1. The van der Waals surface area contributed by atoms with Gasteiger partial charge in [0.1, 0.15) is 5.82 Å². The number of aliphatic imine (C=N–C) groups is 1. The van der Waals surface area contributed by atoms with E-state index in [1.54, 1.807) is 18.2 Å². The van der Waals surface area contributed by atoms with Crippen molar-refractivity contribution in [1.82, 2.24) is 15.0 Å². The van der Waals surface area contributed by atoms with E-state index in [4.69, 9.17) is 9.73 Å². The van der Waals surface area contributed by atoms with Crippen molar-refractivity contribution in [3.05, 3.63) is 101 Å². The molecule has 0 aliphatic carbocycles. The first-order valence-electron chi connectivity index (χ1n) is 11.3. The molecule has 35 heavy (non-hydrogen) atoms. The van der Waals surface area contributed by atoms with E-state index in [1.165, 1.54) is 7.11 Å². The molecular weight excluding hydrogens is 440 g/mol. The van der Waals surface area contributed by atoms with Gasteiger partial charge in [-0.05, 0) is 42.8 Å². The van der Waals surface area contributed by atoms with Gasteiger partial charge in [-0.25, -0.2) is 14.8 Å². The standard InChI is InChI=1S/C28H24N4O3/c1-3-20-16-29-26(31-20)18-9-12-21(13-10-18)30-25(17-7-5-4-6-8-17)24-22-14-11-19(28(34)35-2)15-23(22)32-27(24)33/h4-16,32-33H,3H2,1-2H3,(H,29,31). The molecule has 2 heterocycles. The number of hydrogen-bond acceptors (Lipinski definition) is 5. The zero-order chi connectivity index (χ0) is 24.4. The van der Waals surface area contributed by atoms with Gasteiger partial charge >= 0.3 is 5.97 Å². The zero-order valence-corrected chi connectivity index (χ0v) is 19.4. The molecule has 0 spiro atoms. The summed E-state index contributed by atoms with van der Waals surface area (Å²) in [5.41, 5.74) is 5.81.